The molecule has 3 heterocycles. The van der Waals surface area contributed by atoms with Gasteiger partial charge in [-0.05, 0) is 24.4 Å². The first-order valence-electron chi connectivity index (χ1n) is 9.08. The number of aromatic nitrogens is 4. The van der Waals surface area contributed by atoms with E-state index in [1.807, 2.05) is 0 Å². The van der Waals surface area contributed by atoms with E-state index in [2.05, 4.69) is 24.8 Å². The number of phosphoric ester groups is 1. The quantitative estimate of drug-likeness (QED) is 0.198. The first-order chi connectivity index (χ1) is 13.7. The second kappa shape index (κ2) is 11.4. The summed E-state index contributed by atoms with van der Waals surface area (Å²) in [5.41, 5.74) is 0.677. The second-order valence-corrected chi connectivity index (χ2v) is 8.57. The number of halogens is 1. The number of aliphatic hydroxyl groups excluding tert-OH is 2. The molecule has 12 nitrogen and oxygen atoms in total. The minimum atomic E-state index is -5.25. The van der Waals surface area contributed by atoms with Gasteiger partial charge >= 0.3 is 59.1 Å². The molecule has 3 N–H and O–H groups in total. The molecular formula is C15H19ClN5Na2O7P. The van der Waals surface area contributed by atoms with Gasteiger partial charge in [0.1, 0.15) is 18.3 Å². The second-order valence-electron chi connectivity index (χ2n) is 7.08. The Balaban J connectivity index is 0.00000171. The molecule has 4 rings (SSSR count). The Morgan fingerprint density at radius 2 is 1.94 bits per heavy atom. The van der Waals surface area contributed by atoms with E-state index >= 15 is 0 Å². The molecule has 1 saturated heterocycles. The van der Waals surface area contributed by atoms with Crippen LogP contribution in [0.4, 0.5) is 5.82 Å². The predicted molar refractivity (Wildman–Crippen MR) is 95.7 cm³/mol. The normalized spacial score (nSPS) is 26.6. The van der Waals surface area contributed by atoms with E-state index in [1.165, 1.54) is 10.9 Å². The van der Waals surface area contributed by atoms with Gasteiger partial charge in [-0.2, -0.15) is 9.97 Å². The molecule has 2 aromatic heterocycles. The molecule has 0 amide bonds. The third-order valence-electron chi connectivity index (χ3n) is 5.10. The van der Waals surface area contributed by atoms with Gasteiger partial charge in [-0.25, -0.2) is 4.98 Å². The van der Waals surface area contributed by atoms with Crippen LogP contribution in [-0.2, 0) is 13.8 Å². The summed E-state index contributed by atoms with van der Waals surface area (Å²) in [6.45, 7) is -0.726. The van der Waals surface area contributed by atoms with E-state index in [1.54, 1.807) is 0 Å². The summed E-state index contributed by atoms with van der Waals surface area (Å²) in [5.74, 6) is 0.456. The Labute approximate surface area is 226 Å². The van der Waals surface area contributed by atoms with Crippen molar-refractivity contribution in [3.8, 4) is 0 Å². The van der Waals surface area contributed by atoms with Gasteiger partial charge < -0.3 is 39.1 Å². The van der Waals surface area contributed by atoms with Crippen molar-refractivity contribution in [3.05, 3.63) is 11.6 Å². The van der Waals surface area contributed by atoms with Gasteiger partial charge in [0, 0.05) is 6.04 Å². The van der Waals surface area contributed by atoms with Crippen LogP contribution in [0.15, 0.2) is 6.33 Å². The van der Waals surface area contributed by atoms with E-state index < -0.39 is 39.0 Å². The fourth-order valence-electron chi connectivity index (χ4n) is 3.70. The zero-order chi connectivity index (χ0) is 20.8. The van der Waals surface area contributed by atoms with Crippen LogP contribution in [-0.4, -0.2) is 60.7 Å². The van der Waals surface area contributed by atoms with Crippen molar-refractivity contribution in [2.45, 2.75) is 56.3 Å². The summed E-state index contributed by atoms with van der Waals surface area (Å²) in [6.07, 6.45) is 0.288. The van der Waals surface area contributed by atoms with Crippen LogP contribution in [0.1, 0.15) is 31.9 Å². The number of anilines is 1. The molecule has 31 heavy (non-hydrogen) atoms. The van der Waals surface area contributed by atoms with Crippen LogP contribution in [0.2, 0.25) is 5.28 Å². The molecule has 1 saturated carbocycles. The Bertz CT molecular complexity index is 944. The number of nitrogens with one attached hydrogen (secondary N) is 1. The van der Waals surface area contributed by atoms with Crippen molar-refractivity contribution in [1.29, 1.82) is 0 Å². The van der Waals surface area contributed by atoms with E-state index in [0.29, 0.717) is 11.3 Å². The van der Waals surface area contributed by atoms with Crippen LogP contribution in [0.5, 0.6) is 0 Å². The number of imidazole rings is 1. The summed E-state index contributed by atoms with van der Waals surface area (Å²) < 4.78 is 21.7. The van der Waals surface area contributed by atoms with Gasteiger partial charge in [-0.15, -0.1) is 0 Å². The third-order valence-corrected chi connectivity index (χ3v) is 5.73. The van der Waals surface area contributed by atoms with Gasteiger partial charge in [0.05, 0.1) is 20.8 Å². The maximum Gasteiger partial charge on any atom is 1.00 e. The molecule has 0 aromatic carbocycles. The van der Waals surface area contributed by atoms with Crippen molar-refractivity contribution in [2.75, 3.05) is 11.9 Å². The van der Waals surface area contributed by atoms with E-state index in [-0.39, 0.29) is 76.1 Å². The topological polar surface area (TPSA) is 178 Å². The Hall–Kier alpha value is 0.630. The summed E-state index contributed by atoms with van der Waals surface area (Å²) >= 11 is 6.06. The largest absolute Gasteiger partial charge is 1.00 e. The number of aliphatic hydroxyl groups is 2. The average molecular weight is 494 g/mol. The molecule has 0 unspecified atom stereocenters. The van der Waals surface area contributed by atoms with Gasteiger partial charge in [0.25, 0.3) is 0 Å². The molecule has 1 aliphatic heterocycles. The number of ether oxygens (including phenoxy) is 1. The van der Waals surface area contributed by atoms with Gasteiger partial charge in [0.2, 0.25) is 5.28 Å². The molecule has 2 aliphatic rings. The van der Waals surface area contributed by atoms with Gasteiger partial charge in [-0.3, -0.25) is 4.57 Å². The van der Waals surface area contributed by atoms with E-state index in [9.17, 15) is 24.6 Å². The fourth-order valence-corrected chi connectivity index (χ4v) is 4.20. The molecule has 0 spiro atoms. The molecule has 16 heteroatoms. The smallest absolute Gasteiger partial charge is 0.790 e. The molecule has 0 bridgehead atoms. The number of nitrogens with zero attached hydrogens (tertiary/aromatic N) is 4. The number of rotatable bonds is 6. The van der Waals surface area contributed by atoms with Crippen LogP contribution in [0.25, 0.3) is 11.2 Å². The standard InChI is InChI=1S/C15H21ClN5O7P.2Na/c16-15-19-12(18-7-3-1-2-4-7)9-13(20-15)21(6-17-9)14-11(23)10(22)8(28-14)5-27-29(24,25)26;;/h6-8,10-11,14,22-23H,1-5H2,(H,18,19,20)(H2,24,25,26);;/q;2*+1/p-2/t8-,10-,11-,14-;;/m1../s1. The summed E-state index contributed by atoms with van der Waals surface area (Å²) in [4.78, 5) is 34.0. The third kappa shape index (κ3) is 6.40. The number of hydrogen-bond donors (Lipinski definition) is 3. The first kappa shape index (κ1) is 27.9. The molecule has 2 aromatic rings. The molecule has 1 aliphatic carbocycles. The molecule has 4 atom stereocenters. The minimum Gasteiger partial charge on any atom is -0.790 e. The number of fused-ring (bicyclic) bond motifs is 1. The average Bonchev–Trinajstić information content (AvgIpc) is 3.35. The minimum absolute atomic E-state index is 0. The van der Waals surface area contributed by atoms with E-state index in [0.717, 1.165) is 25.7 Å². The summed E-state index contributed by atoms with van der Waals surface area (Å²) in [7, 11) is -5.25. The van der Waals surface area contributed by atoms with Gasteiger partial charge in [-0.1, -0.05) is 12.8 Å². The maximum atomic E-state index is 10.7. The SMILES string of the molecule is O=P([O-])([O-])OC[C@H]1O[C@@H](n2cnc3c(NC4CCCC4)nc(Cl)nc32)[C@H](O)[C@@H]1O.[Na+].[Na+]. The monoisotopic (exact) mass is 493 g/mol. The first-order valence-corrected chi connectivity index (χ1v) is 10.9. The zero-order valence-electron chi connectivity index (χ0n) is 17.0. The maximum absolute atomic E-state index is 10.7. The summed E-state index contributed by atoms with van der Waals surface area (Å²) in [6, 6.07) is 0.251. The van der Waals surface area contributed by atoms with Crippen molar-refractivity contribution in [3.63, 3.8) is 0 Å². The van der Waals surface area contributed by atoms with Crippen molar-refractivity contribution in [1.82, 2.24) is 19.5 Å². The molecule has 0 radical (unpaired) electrons. The van der Waals surface area contributed by atoms with Crippen LogP contribution in [0, 0.1) is 0 Å². The Kier molecular flexibility index (Phi) is 10.2. The Morgan fingerprint density at radius 3 is 2.58 bits per heavy atom. The van der Waals surface area contributed by atoms with Crippen LogP contribution >= 0.6 is 19.4 Å². The zero-order valence-corrected chi connectivity index (χ0v) is 22.7. The Morgan fingerprint density at radius 1 is 1.26 bits per heavy atom. The predicted octanol–water partition coefficient (Wildman–Crippen LogP) is -6.69. The fraction of sp³-hybridized carbons (Fsp3) is 0.667. The number of phosphoric acid groups is 1. The summed E-state index contributed by atoms with van der Waals surface area (Å²) in [5, 5.41) is 23.8. The molecule has 160 valence electrons. The number of hydrogen-bond acceptors (Lipinski definition) is 11. The molecular weight excluding hydrogens is 475 g/mol. The van der Waals surface area contributed by atoms with Gasteiger partial charge in [0.15, 0.2) is 23.2 Å². The van der Waals surface area contributed by atoms with Crippen LogP contribution < -0.4 is 74.2 Å². The van der Waals surface area contributed by atoms with Crippen molar-refractivity contribution in [2.24, 2.45) is 0 Å². The molecule has 2 fully saturated rings. The van der Waals surface area contributed by atoms with Crippen molar-refractivity contribution >= 4 is 36.4 Å². The van der Waals surface area contributed by atoms with E-state index in [4.69, 9.17) is 16.3 Å². The van der Waals surface area contributed by atoms with Crippen LogP contribution in [0.3, 0.4) is 0 Å². The van der Waals surface area contributed by atoms with Crippen molar-refractivity contribution < 1.29 is 92.9 Å².